The molecule has 0 bridgehead atoms. The Morgan fingerprint density at radius 3 is 2.31 bits per heavy atom. The lowest BCUT2D eigenvalue weighted by Gasteiger charge is -2.15. The Kier molecular flexibility index (Phi) is 7.37. The molecular formula is C26H24N4O4S2. The van der Waals surface area contributed by atoms with Gasteiger partial charge in [-0.1, -0.05) is 29.5 Å². The van der Waals surface area contributed by atoms with Crippen LogP contribution in [-0.4, -0.2) is 27.0 Å². The summed E-state index contributed by atoms with van der Waals surface area (Å²) in [6.45, 7) is 7.85. The number of carbonyl (C=O) groups excluding carboxylic acids is 2. The van der Waals surface area contributed by atoms with Crippen LogP contribution in [0.4, 0.5) is 17.1 Å². The molecule has 0 saturated carbocycles. The van der Waals surface area contributed by atoms with Gasteiger partial charge >= 0.3 is 0 Å². The van der Waals surface area contributed by atoms with Crippen molar-refractivity contribution in [2.75, 3.05) is 10.6 Å². The number of benzene rings is 3. The number of fused-ring (bicyclic) bond motifs is 1. The highest BCUT2D eigenvalue weighted by atomic mass is 32.2. The highest BCUT2D eigenvalue weighted by Crippen LogP contribution is 2.34. The molecule has 0 saturated heterocycles. The van der Waals surface area contributed by atoms with Crippen molar-refractivity contribution >= 4 is 62.2 Å². The number of hydrogen-bond donors (Lipinski definition) is 2. The van der Waals surface area contributed by atoms with E-state index in [9.17, 15) is 19.7 Å². The number of rotatable bonds is 7. The molecule has 0 unspecified atom stereocenters. The number of hydrogen-bond acceptors (Lipinski definition) is 7. The Balaban J connectivity index is 1.43. The van der Waals surface area contributed by atoms with Gasteiger partial charge in [-0.2, -0.15) is 0 Å². The number of nitrogens with one attached hydrogen (secondary N) is 2. The van der Waals surface area contributed by atoms with Crippen LogP contribution in [-0.2, 0) is 4.79 Å². The largest absolute Gasteiger partial charge is 0.325 e. The summed E-state index contributed by atoms with van der Waals surface area (Å²) in [6, 6.07) is 14.9. The zero-order valence-electron chi connectivity index (χ0n) is 20.1. The van der Waals surface area contributed by atoms with Crippen molar-refractivity contribution in [1.29, 1.82) is 0 Å². The molecule has 36 heavy (non-hydrogen) atoms. The summed E-state index contributed by atoms with van der Waals surface area (Å²) < 4.78 is 1.63. The van der Waals surface area contributed by atoms with Crippen LogP contribution in [0.1, 0.15) is 34.0 Å². The van der Waals surface area contributed by atoms with E-state index < -0.39 is 4.92 Å². The lowest BCUT2D eigenvalue weighted by atomic mass is 10.1. The van der Waals surface area contributed by atoms with Gasteiger partial charge in [0.25, 0.3) is 11.6 Å². The molecule has 0 fully saturated rings. The quantitative estimate of drug-likeness (QED) is 0.163. The fraction of sp³-hybridized carbons (Fsp3) is 0.192. The van der Waals surface area contributed by atoms with Crippen LogP contribution >= 0.6 is 23.1 Å². The van der Waals surface area contributed by atoms with Gasteiger partial charge in [0.15, 0.2) is 4.34 Å². The summed E-state index contributed by atoms with van der Waals surface area (Å²) in [5.74, 6) is -0.458. The van der Waals surface area contributed by atoms with Crippen LogP contribution in [0.2, 0.25) is 0 Å². The molecule has 4 aromatic rings. The molecule has 8 nitrogen and oxygen atoms in total. The number of aromatic nitrogens is 1. The average molecular weight is 521 g/mol. The highest BCUT2D eigenvalue weighted by Gasteiger charge is 2.19. The number of amides is 2. The predicted molar refractivity (Wildman–Crippen MR) is 145 cm³/mol. The maximum absolute atomic E-state index is 12.8. The van der Waals surface area contributed by atoms with Crippen molar-refractivity contribution in [3.05, 3.63) is 87.0 Å². The number of aryl methyl sites for hydroxylation is 3. The molecule has 1 heterocycles. The topological polar surface area (TPSA) is 114 Å². The lowest BCUT2D eigenvalue weighted by Crippen LogP contribution is -2.23. The van der Waals surface area contributed by atoms with E-state index in [4.69, 9.17) is 0 Å². The summed E-state index contributed by atoms with van der Waals surface area (Å²) in [7, 11) is 0. The minimum absolute atomic E-state index is 0.0743. The lowest BCUT2D eigenvalue weighted by molar-refractivity contribution is -0.384. The predicted octanol–water partition coefficient (Wildman–Crippen LogP) is 6.50. The summed E-state index contributed by atoms with van der Waals surface area (Å²) in [5.41, 5.74) is 5.66. The molecule has 184 valence electrons. The van der Waals surface area contributed by atoms with E-state index in [0.29, 0.717) is 11.3 Å². The van der Waals surface area contributed by atoms with Crippen LogP contribution in [0, 0.1) is 30.9 Å². The molecule has 1 aromatic heterocycles. The molecule has 0 aliphatic heterocycles. The zero-order valence-corrected chi connectivity index (χ0v) is 21.8. The molecule has 0 spiro atoms. The molecule has 0 aliphatic rings. The summed E-state index contributed by atoms with van der Waals surface area (Å²) in [5, 5.41) is 16.3. The number of carbonyl (C=O) groups is 2. The van der Waals surface area contributed by atoms with E-state index in [1.807, 2.05) is 52.0 Å². The van der Waals surface area contributed by atoms with Gasteiger partial charge < -0.3 is 10.6 Å². The third-order valence-electron chi connectivity index (χ3n) is 5.54. The van der Waals surface area contributed by atoms with E-state index in [-0.39, 0.29) is 22.8 Å². The number of thioether (sulfide) groups is 1. The smallest absolute Gasteiger partial charge is 0.269 e. The summed E-state index contributed by atoms with van der Waals surface area (Å²) in [6.07, 6.45) is 0. The van der Waals surface area contributed by atoms with Crippen molar-refractivity contribution in [2.45, 2.75) is 37.3 Å². The first-order chi connectivity index (χ1) is 17.1. The Morgan fingerprint density at radius 2 is 1.67 bits per heavy atom. The van der Waals surface area contributed by atoms with Gasteiger partial charge in [-0.3, -0.25) is 19.7 Å². The van der Waals surface area contributed by atoms with Crippen molar-refractivity contribution in [1.82, 2.24) is 4.98 Å². The summed E-state index contributed by atoms with van der Waals surface area (Å²) >= 11 is 2.83. The van der Waals surface area contributed by atoms with Gasteiger partial charge in [0, 0.05) is 29.1 Å². The first-order valence-corrected chi connectivity index (χ1v) is 12.8. The van der Waals surface area contributed by atoms with E-state index in [1.165, 1.54) is 47.4 Å². The average Bonchev–Trinajstić information content (AvgIpc) is 3.22. The van der Waals surface area contributed by atoms with Gasteiger partial charge in [-0.15, -0.1) is 11.3 Å². The normalized spacial score (nSPS) is 11.8. The second kappa shape index (κ2) is 10.5. The van der Waals surface area contributed by atoms with E-state index in [1.54, 1.807) is 6.07 Å². The van der Waals surface area contributed by atoms with E-state index in [2.05, 4.69) is 15.6 Å². The molecule has 2 amide bonds. The van der Waals surface area contributed by atoms with Crippen molar-refractivity contribution in [2.24, 2.45) is 0 Å². The van der Waals surface area contributed by atoms with Crippen LogP contribution in [0.3, 0.4) is 0 Å². The SMILES string of the molecule is Cc1cc(C)c(NC(=O)[C@@H](C)Sc2nc3ccc(NC(=O)c4ccc([N+](=O)[O-])cc4)cc3s2)c(C)c1. The Labute approximate surface area is 216 Å². The van der Waals surface area contributed by atoms with Gasteiger partial charge in [0.05, 0.1) is 20.4 Å². The number of thiazole rings is 1. The number of nitro benzene ring substituents is 1. The maximum atomic E-state index is 12.8. The number of nitrogens with zero attached hydrogens (tertiary/aromatic N) is 2. The van der Waals surface area contributed by atoms with E-state index >= 15 is 0 Å². The molecule has 0 radical (unpaired) electrons. The van der Waals surface area contributed by atoms with Gasteiger partial charge in [0.2, 0.25) is 5.91 Å². The number of non-ortho nitro benzene ring substituents is 1. The first-order valence-electron chi connectivity index (χ1n) is 11.1. The van der Waals surface area contributed by atoms with Crippen molar-refractivity contribution < 1.29 is 14.5 Å². The molecule has 0 aliphatic carbocycles. The summed E-state index contributed by atoms with van der Waals surface area (Å²) in [4.78, 5) is 40.3. The Morgan fingerprint density at radius 1 is 1.00 bits per heavy atom. The highest BCUT2D eigenvalue weighted by molar-refractivity contribution is 8.02. The van der Waals surface area contributed by atoms with Crippen LogP contribution in [0.25, 0.3) is 10.2 Å². The minimum atomic E-state index is -0.510. The number of nitro groups is 1. The second-order valence-corrected chi connectivity index (χ2v) is 11.1. The molecule has 10 heteroatoms. The zero-order chi connectivity index (χ0) is 26.0. The first kappa shape index (κ1) is 25.3. The van der Waals surface area contributed by atoms with Crippen molar-refractivity contribution in [3.63, 3.8) is 0 Å². The molecule has 1 atom stereocenters. The fourth-order valence-electron chi connectivity index (χ4n) is 3.78. The van der Waals surface area contributed by atoms with E-state index in [0.717, 1.165) is 36.9 Å². The third kappa shape index (κ3) is 5.72. The molecule has 3 aromatic carbocycles. The van der Waals surface area contributed by atoms with Gasteiger partial charge in [0.1, 0.15) is 0 Å². The monoisotopic (exact) mass is 520 g/mol. The van der Waals surface area contributed by atoms with Crippen LogP contribution < -0.4 is 10.6 Å². The second-order valence-electron chi connectivity index (χ2n) is 8.44. The maximum Gasteiger partial charge on any atom is 0.269 e. The molecule has 4 rings (SSSR count). The Bertz CT molecular complexity index is 1460. The molecular weight excluding hydrogens is 496 g/mol. The number of anilines is 2. The minimum Gasteiger partial charge on any atom is -0.325 e. The Hall–Kier alpha value is -3.76. The third-order valence-corrected chi connectivity index (χ3v) is 7.75. The van der Waals surface area contributed by atoms with Crippen LogP contribution in [0.5, 0.6) is 0 Å². The molecule has 2 N–H and O–H groups in total. The van der Waals surface area contributed by atoms with Gasteiger partial charge in [-0.25, -0.2) is 4.98 Å². The standard InChI is InChI=1S/C26H24N4O4S2/c1-14-11-15(2)23(16(3)12-14)29-24(31)17(4)35-26-28-21-10-7-19(13-22(21)36-26)27-25(32)18-5-8-20(9-6-18)30(33)34/h5-13,17H,1-4H3,(H,27,32)(H,29,31)/t17-/m1/s1. The van der Waals surface area contributed by atoms with Crippen molar-refractivity contribution in [3.8, 4) is 0 Å². The van der Waals surface area contributed by atoms with Crippen LogP contribution in [0.15, 0.2) is 58.9 Å². The van der Waals surface area contributed by atoms with Gasteiger partial charge in [-0.05, 0) is 69.2 Å². The fourth-order valence-corrected chi connectivity index (χ4v) is 6.03.